The molecule has 0 aliphatic rings. The lowest BCUT2D eigenvalue weighted by Gasteiger charge is -2.15. The molecule has 0 saturated heterocycles. The molecule has 0 saturated carbocycles. The number of nitrogens with one attached hydrogen (secondary N) is 1. The fourth-order valence-corrected chi connectivity index (χ4v) is 1.82. The second-order valence-corrected chi connectivity index (χ2v) is 4.75. The van der Waals surface area contributed by atoms with Gasteiger partial charge in [0.25, 0.3) is 0 Å². The van der Waals surface area contributed by atoms with Gasteiger partial charge >= 0.3 is 6.18 Å². The predicted octanol–water partition coefficient (Wildman–Crippen LogP) is 3.41. The van der Waals surface area contributed by atoms with Crippen LogP contribution in [0.4, 0.5) is 13.2 Å². The number of methoxy groups -OCH3 is 1. The summed E-state index contributed by atoms with van der Waals surface area (Å²) in [6.45, 7) is 4.46. The molecule has 1 N–H and O–H groups in total. The van der Waals surface area contributed by atoms with Crippen molar-refractivity contribution >= 4 is 0 Å². The van der Waals surface area contributed by atoms with E-state index in [1.807, 2.05) is 6.92 Å². The summed E-state index contributed by atoms with van der Waals surface area (Å²) in [6.07, 6.45) is -3.44. The Hall–Kier alpha value is -1.11. The largest absolute Gasteiger partial charge is 0.416 e. The maximum Gasteiger partial charge on any atom is 0.416 e. The zero-order valence-electron chi connectivity index (χ0n) is 12.4. The summed E-state index contributed by atoms with van der Waals surface area (Å²) in [5.41, 5.74) is 0.216. The van der Waals surface area contributed by atoms with Gasteiger partial charge in [0, 0.05) is 19.8 Å². The SMILES string of the molecule is COCCOCCCNC(C)c1ccc(C(F)(F)F)cc1. The van der Waals surface area contributed by atoms with Crippen molar-refractivity contribution in [1.82, 2.24) is 5.32 Å². The van der Waals surface area contributed by atoms with E-state index in [1.54, 1.807) is 7.11 Å². The number of hydrogen-bond acceptors (Lipinski definition) is 3. The Bertz CT molecular complexity index is 393. The van der Waals surface area contributed by atoms with Crippen LogP contribution in [0.15, 0.2) is 24.3 Å². The van der Waals surface area contributed by atoms with Crippen LogP contribution in [0.1, 0.15) is 30.5 Å². The summed E-state index contributed by atoms with van der Waals surface area (Å²) in [6, 6.07) is 5.25. The summed E-state index contributed by atoms with van der Waals surface area (Å²) < 4.78 is 47.6. The summed E-state index contributed by atoms with van der Waals surface area (Å²) in [5.74, 6) is 0. The van der Waals surface area contributed by atoms with Crippen LogP contribution >= 0.6 is 0 Å². The third-order valence-electron chi connectivity index (χ3n) is 3.09. The molecule has 21 heavy (non-hydrogen) atoms. The van der Waals surface area contributed by atoms with E-state index >= 15 is 0 Å². The van der Waals surface area contributed by atoms with Crippen molar-refractivity contribution in [2.24, 2.45) is 0 Å². The predicted molar refractivity (Wildman–Crippen MR) is 75.2 cm³/mol. The highest BCUT2D eigenvalue weighted by atomic mass is 19.4. The molecule has 0 amide bonds. The second kappa shape index (κ2) is 9.02. The molecule has 1 atom stereocenters. The van der Waals surface area contributed by atoms with Crippen molar-refractivity contribution in [1.29, 1.82) is 0 Å². The highest BCUT2D eigenvalue weighted by molar-refractivity contribution is 5.26. The summed E-state index contributed by atoms with van der Waals surface area (Å²) >= 11 is 0. The lowest BCUT2D eigenvalue weighted by atomic mass is 10.1. The van der Waals surface area contributed by atoms with Crippen molar-refractivity contribution in [2.75, 3.05) is 33.5 Å². The van der Waals surface area contributed by atoms with Gasteiger partial charge in [-0.1, -0.05) is 12.1 Å². The Kier molecular flexibility index (Phi) is 7.71. The van der Waals surface area contributed by atoms with E-state index in [2.05, 4.69) is 5.32 Å². The van der Waals surface area contributed by atoms with Gasteiger partial charge in [0.1, 0.15) is 0 Å². The molecule has 0 radical (unpaired) electrons. The van der Waals surface area contributed by atoms with Crippen LogP contribution in [0, 0.1) is 0 Å². The van der Waals surface area contributed by atoms with Crippen molar-refractivity contribution in [3.63, 3.8) is 0 Å². The number of alkyl halides is 3. The van der Waals surface area contributed by atoms with Crippen LogP contribution in [-0.4, -0.2) is 33.5 Å². The molecule has 0 bridgehead atoms. The van der Waals surface area contributed by atoms with E-state index in [0.29, 0.717) is 19.8 Å². The average Bonchev–Trinajstić information content (AvgIpc) is 2.45. The van der Waals surface area contributed by atoms with Gasteiger partial charge in [0.05, 0.1) is 18.8 Å². The Morgan fingerprint density at radius 1 is 1.10 bits per heavy atom. The molecule has 120 valence electrons. The standard InChI is InChI=1S/C15H22F3NO2/c1-12(19-8-3-9-21-11-10-20-2)13-4-6-14(7-5-13)15(16,17)18/h4-7,12,19H,3,8-11H2,1-2H3. The van der Waals surface area contributed by atoms with E-state index in [4.69, 9.17) is 9.47 Å². The van der Waals surface area contributed by atoms with Gasteiger partial charge in [-0.15, -0.1) is 0 Å². The first-order chi connectivity index (χ1) is 9.95. The van der Waals surface area contributed by atoms with Crippen LogP contribution in [0.5, 0.6) is 0 Å². The third-order valence-corrected chi connectivity index (χ3v) is 3.09. The smallest absolute Gasteiger partial charge is 0.382 e. The van der Waals surface area contributed by atoms with E-state index in [0.717, 1.165) is 30.7 Å². The molecule has 0 aliphatic carbocycles. The van der Waals surface area contributed by atoms with Gasteiger partial charge in [0.2, 0.25) is 0 Å². The fourth-order valence-electron chi connectivity index (χ4n) is 1.82. The molecule has 0 aromatic heterocycles. The van der Waals surface area contributed by atoms with Crippen LogP contribution in [0.25, 0.3) is 0 Å². The van der Waals surface area contributed by atoms with Crippen LogP contribution in [0.2, 0.25) is 0 Å². The summed E-state index contributed by atoms with van der Waals surface area (Å²) in [5, 5.41) is 3.26. The van der Waals surface area contributed by atoms with Gasteiger partial charge < -0.3 is 14.8 Å². The first kappa shape index (κ1) is 17.9. The normalized spacial score (nSPS) is 13.4. The maximum atomic E-state index is 12.5. The minimum Gasteiger partial charge on any atom is -0.382 e. The molecule has 0 spiro atoms. The number of halogens is 3. The van der Waals surface area contributed by atoms with E-state index < -0.39 is 11.7 Å². The lowest BCUT2D eigenvalue weighted by Crippen LogP contribution is -2.21. The molecule has 3 nitrogen and oxygen atoms in total. The number of ether oxygens (including phenoxy) is 2. The van der Waals surface area contributed by atoms with E-state index in [-0.39, 0.29) is 6.04 Å². The molecule has 0 aliphatic heterocycles. The minimum absolute atomic E-state index is 0.00580. The number of benzene rings is 1. The molecule has 6 heteroatoms. The van der Waals surface area contributed by atoms with Crippen molar-refractivity contribution in [2.45, 2.75) is 25.6 Å². The zero-order chi connectivity index (χ0) is 15.7. The molecular weight excluding hydrogens is 283 g/mol. The van der Waals surface area contributed by atoms with Gasteiger partial charge in [-0.3, -0.25) is 0 Å². The molecule has 0 heterocycles. The van der Waals surface area contributed by atoms with Gasteiger partial charge in [0.15, 0.2) is 0 Å². The Morgan fingerprint density at radius 2 is 1.76 bits per heavy atom. The highest BCUT2D eigenvalue weighted by Crippen LogP contribution is 2.29. The molecule has 1 unspecified atom stereocenters. The Morgan fingerprint density at radius 3 is 2.33 bits per heavy atom. The quantitative estimate of drug-likeness (QED) is 0.709. The Labute approximate surface area is 123 Å². The third kappa shape index (κ3) is 6.93. The molecular formula is C15H22F3NO2. The summed E-state index contributed by atoms with van der Waals surface area (Å²) in [7, 11) is 1.62. The molecule has 1 rings (SSSR count). The highest BCUT2D eigenvalue weighted by Gasteiger charge is 2.30. The minimum atomic E-state index is -4.28. The summed E-state index contributed by atoms with van der Waals surface area (Å²) in [4.78, 5) is 0. The monoisotopic (exact) mass is 305 g/mol. The van der Waals surface area contributed by atoms with Gasteiger partial charge in [-0.2, -0.15) is 13.2 Å². The first-order valence-electron chi connectivity index (χ1n) is 6.92. The lowest BCUT2D eigenvalue weighted by molar-refractivity contribution is -0.137. The van der Waals surface area contributed by atoms with E-state index in [9.17, 15) is 13.2 Å². The first-order valence-corrected chi connectivity index (χ1v) is 6.92. The van der Waals surface area contributed by atoms with Crippen LogP contribution in [-0.2, 0) is 15.7 Å². The zero-order valence-corrected chi connectivity index (χ0v) is 12.4. The number of rotatable bonds is 9. The average molecular weight is 305 g/mol. The van der Waals surface area contributed by atoms with Crippen LogP contribution < -0.4 is 5.32 Å². The molecule has 0 fully saturated rings. The second-order valence-electron chi connectivity index (χ2n) is 4.75. The number of hydrogen-bond donors (Lipinski definition) is 1. The fraction of sp³-hybridized carbons (Fsp3) is 0.600. The van der Waals surface area contributed by atoms with Gasteiger partial charge in [-0.25, -0.2) is 0 Å². The topological polar surface area (TPSA) is 30.5 Å². The van der Waals surface area contributed by atoms with Crippen molar-refractivity contribution in [3.8, 4) is 0 Å². The molecule has 1 aromatic carbocycles. The van der Waals surface area contributed by atoms with Gasteiger partial charge in [-0.05, 0) is 37.6 Å². The van der Waals surface area contributed by atoms with Crippen molar-refractivity contribution in [3.05, 3.63) is 35.4 Å². The van der Waals surface area contributed by atoms with Crippen molar-refractivity contribution < 1.29 is 22.6 Å². The van der Waals surface area contributed by atoms with E-state index in [1.165, 1.54) is 12.1 Å². The van der Waals surface area contributed by atoms with Crippen LogP contribution in [0.3, 0.4) is 0 Å². The maximum absolute atomic E-state index is 12.5. The Balaban J connectivity index is 2.27. The molecule has 1 aromatic rings.